The molecule has 0 radical (unpaired) electrons. The van der Waals surface area contributed by atoms with E-state index in [1.807, 2.05) is 6.08 Å². The van der Waals surface area contributed by atoms with Crippen LogP contribution in [0, 0.1) is 12.8 Å². The average Bonchev–Trinajstić information content (AvgIpc) is 2.44. The van der Waals surface area contributed by atoms with Crippen molar-refractivity contribution in [1.82, 2.24) is 0 Å². The summed E-state index contributed by atoms with van der Waals surface area (Å²) < 4.78 is 0. The van der Waals surface area contributed by atoms with Crippen molar-refractivity contribution in [2.24, 2.45) is 10.9 Å². The normalized spacial score (nSPS) is 15.8. The Morgan fingerprint density at radius 3 is 2.50 bits per heavy atom. The molecule has 1 heteroatoms. The van der Waals surface area contributed by atoms with Crippen molar-refractivity contribution in [2.45, 2.75) is 47.1 Å². The van der Waals surface area contributed by atoms with E-state index in [0.717, 1.165) is 12.1 Å². The Bertz CT molecular complexity index is 508. The van der Waals surface area contributed by atoms with Gasteiger partial charge in [0.15, 0.2) is 0 Å². The maximum atomic E-state index is 4.94. The lowest BCUT2D eigenvalue weighted by Crippen LogP contribution is -2.09. The summed E-state index contributed by atoms with van der Waals surface area (Å²) in [5, 5.41) is 0. The number of aliphatic imine (C=N–C) groups is 1. The fourth-order valence-corrected chi connectivity index (χ4v) is 2.23. The van der Waals surface area contributed by atoms with Crippen LogP contribution in [0.2, 0.25) is 0 Å². The molecule has 0 aromatic heterocycles. The predicted molar refractivity (Wildman–Crippen MR) is 90.4 cm³/mol. The van der Waals surface area contributed by atoms with E-state index in [2.05, 4.69) is 71.5 Å². The van der Waals surface area contributed by atoms with Crippen LogP contribution < -0.4 is 0 Å². The lowest BCUT2D eigenvalue weighted by atomic mass is 9.92. The largest absolute Gasteiger partial charge is 0.281 e. The van der Waals surface area contributed by atoms with E-state index in [1.54, 1.807) is 0 Å². The molecule has 0 aliphatic heterocycles. The number of hydrogen-bond donors (Lipinski definition) is 0. The van der Waals surface area contributed by atoms with Crippen LogP contribution in [-0.2, 0) is 0 Å². The molecule has 1 nitrogen and oxygen atoms in total. The summed E-state index contributed by atoms with van der Waals surface area (Å²) >= 11 is 0. The van der Waals surface area contributed by atoms with Crippen LogP contribution in [0.3, 0.4) is 0 Å². The van der Waals surface area contributed by atoms with E-state index < -0.39 is 0 Å². The van der Waals surface area contributed by atoms with Gasteiger partial charge in [-0.25, -0.2) is 0 Å². The zero-order valence-electron chi connectivity index (χ0n) is 13.5. The van der Waals surface area contributed by atoms with E-state index in [4.69, 9.17) is 4.99 Å². The topological polar surface area (TPSA) is 12.4 Å². The van der Waals surface area contributed by atoms with Gasteiger partial charge in [-0.3, -0.25) is 4.99 Å². The Morgan fingerprint density at radius 2 is 1.95 bits per heavy atom. The van der Waals surface area contributed by atoms with Crippen molar-refractivity contribution in [3.05, 3.63) is 59.7 Å². The van der Waals surface area contributed by atoms with Gasteiger partial charge in [0.2, 0.25) is 0 Å². The molecule has 0 heterocycles. The van der Waals surface area contributed by atoms with Crippen LogP contribution in [0.1, 0.15) is 51.3 Å². The Morgan fingerprint density at radius 1 is 1.30 bits per heavy atom. The van der Waals surface area contributed by atoms with Crippen LogP contribution in [0.4, 0.5) is 0 Å². The standard InChI is InChI=1S/C19H27N/c1-7-14(3)13-17(6)20-19(15(4)8-2)18-12-10-9-11-16(18)5/h8-13,15,19H,2,7H2,1,3-6H3/b14-13+,20-17+. The number of aryl methyl sites for hydroxylation is 1. The van der Waals surface area contributed by atoms with Gasteiger partial charge in [0.05, 0.1) is 6.04 Å². The predicted octanol–water partition coefficient (Wildman–Crippen LogP) is 5.68. The molecule has 1 aromatic rings. The summed E-state index contributed by atoms with van der Waals surface area (Å²) in [5.41, 5.74) is 5.04. The lowest BCUT2D eigenvalue weighted by molar-refractivity contribution is 0.568. The van der Waals surface area contributed by atoms with Crippen LogP contribution >= 0.6 is 0 Å². The molecule has 0 N–H and O–H groups in total. The molecule has 0 aliphatic rings. The molecule has 1 rings (SSSR count). The van der Waals surface area contributed by atoms with Gasteiger partial charge in [0.25, 0.3) is 0 Å². The first kappa shape index (κ1) is 16.4. The second-order valence-electron chi connectivity index (χ2n) is 5.51. The van der Waals surface area contributed by atoms with Gasteiger partial charge in [-0.2, -0.15) is 0 Å². The Kier molecular flexibility index (Phi) is 6.44. The first-order valence-corrected chi connectivity index (χ1v) is 7.39. The maximum absolute atomic E-state index is 4.94. The van der Waals surface area contributed by atoms with E-state index in [9.17, 15) is 0 Å². The molecule has 0 saturated carbocycles. The smallest absolute Gasteiger partial charge is 0.0814 e. The highest BCUT2D eigenvalue weighted by Gasteiger charge is 2.17. The second-order valence-corrected chi connectivity index (χ2v) is 5.51. The summed E-state index contributed by atoms with van der Waals surface area (Å²) in [6.07, 6.45) is 5.24. The van der Waals surface area contributed by atoms with E-state index >= 15 is 0 Å². The van der Waals surface area contributed by atoms with Crippen LogP contribution in [0.5, 0.6) is 0 Å². The summed E-state index contributed by atoms with van der Waals surface area (Å²) in [6, 6.07) is 8.63. The quantitative estimate of drug-likeness (QED) is 0.465. The monoisotopic (exact) mass is 269 g/mol. The van der Waals surface area contributed by atoms with Crippen molar-refractivity contribution >= 4 is 5.71 Å². The van der Waals surface area contributed by atoms with Crippen molar-refractivity contribution in [2.75, 3.05) is 0 Å². The van der Waals surface area contributed by atoms with Gasteiger partial charge in [-0.05, 0) is 44.4 Å². The lowest BCUT2D eigenvalue weighted by Gasteiger charge is -2.20. The fraction of sp³-hybridized carbons (Fsp3) is 0.421. The summed E-state index contributed by atoms with van der Waals surface area (Å²) in [6.45, 7) is 14.7. The molecule has 0 bridgehead atoms. The SMILES string of the molecule is C=CC(C)C(/N=C(C)/C=C(\C)CC)c1ccccc1C. The highest BCUT2D eigenvalue weighted by Crippen LogP contribution is 2.29. The highest BCUT2D eigenvalue weighted by atomic mass is 14.8. The van der Waals surface area contributed by atoms with E-state index in [-0.39, 0.29) is 6.04 Å². The van der Waals surface area contributed by atoms with Gasteiger partial charge in [-0.15, -0.1) is 6.58 Å². The number of hydrogen-bond acceptors (Lipinski definition) is 1. The first-order chi connectivity index (χ1) is 9.49. The Labute approximate surface area is 124 Å². The molecule has 20 heavy (non-hydrogen) atoms. The van der Waals surface area contributed by atoms with E-state index in [1.165, 1.54) is 16.7 Å². The van der Waals surface area contributed by atoms with Gasteiger partial charge in [0, 0.05) is 11.6 Å². The molecule has 0 fully saturated rings. The van der Waals surface area contributed by atoms with Crippen molar-refractivity contribution in [3.8, 4) is 0 Å². The fourth-order valence-electron chi connectivity index (χ4n) is 2.23. The minimum absolute atomic E-state index is 0.148. The van der Waals surface area contributed by atoms with Gasteiger partial charge >= 0.3 is 0 Å². The minimum atomic E-state index is 0.148. The second kappa shape index (κ2) is 7.84. The van der Waals surface area contributed by atoms with Gasteiger partial charge in [0.1, 0.15) is 0 Å². The summed E-state index contributed by atoms with van der Waals surface area (Å²) in [4.78, 5) is 4.94. The number of rotatable bonds is 6. The van der Waals surface area contributed by atoms with Gasteiger partial charge in [-0.1, -0.05) is 49.8 Å². The van der Waals surface area contributed by atoms with Gasteiger partial charge < -0.3 is 0 Å². The zero-order chi connectivity index (χ0) is 15.1. The van der Waals surface area contributed by atoms with Crippen LogP contribution in [-0.4, -0.2) is 5.71 Å². The van der Waals surface area contributed by atoms with Crippen LogP contribution in [0.15, 0.2) is 53.6 Å². The minimum Gasteiger partial charge on any atom is -0.281 e. The molecule has 0 spiro atoms. The molecule has 2 unspecified atom stereocenters. The third-order valence-corrected chi connectivity index (χ3v) is 3.73. The summed E-state index contributed by atoms with van der Waals surface area (Å²) in [7, 11) is 0. The van der Waals surface area contributed by atoms with Crippen molar-refractivity contribution in [3.63, 3.8) is 0 Å². The molecule has 108 valence electrons. The Hall–Kier alpha value is -1.63. The molecule has 2 atom stereocenters. The van der Waals surface area contributed by atoms with E-state index in [0.29, 0.717) is 5.92 Å². The molecular weight excluding hydrogens is 242 g/mol. The number of nitrogens with zero attached hydrogens (tertiary/aromatic N) is 1. The molecular formula is C19H27N. The molecule has 0 saturated heterocycles. The average molecular weight is 269 g/mol. The Balaban J connectivity index is 3.18. The highest BCUT2D eigenvalue weighted by molar-refractivity contribution is 5.93. The van der Waals surface area contributed by atoms with Crippen molar-refractivity contribution in [1.29, 1.82) is 0 Å². The third-order valence-electron chi connectivity index (χ3n) is 3.73. The zero-order valence-corrected chi connectivity index (χ0v) is 13.5. The summed E-state index contributed by atoms with van der Waals surface area (Å²) in [5.74, 6) is 0.321. The number of benzene rings is 1. The maximum Gasteiger partial charge on any atom is 0.0814 e. The third kappa shape index (κ3) is 4.48. The van der Waals surface area contributed by atoms with Crippen LogP contribution in [0.25, 0.3) is 0 Å². The molecule has 0 amide bonds. The first-order valence-electron chi connectivity index (χ1n) is 7.39. The van der Waals surface area contributed by atoms with Crippen molar-refractivity contribution < 1.29 is 0 Å². The molecule has 0 aliphatic carbocycles. The molecule has 1 aromatic carbocycles. The number of allylic oxidation sites excluding steroid dienone is 2.